The first-order valence-corrected chi connectivity index (χ1v) is 9.12. The number of nitrogens with zero attached hydrogens (tertiary/aromatic N) is 1. The zero-order chi connectivity index (χ0) is 17.7. The van der Waals surface area contributed by atoms with Gasteiger partial charge in [-0.05, 0) is 77.0 Å². The Labute approximate surface area is 147 Å². The second kappa shape index (κ2) is 6.05. The number of pyridine rings is 1. The van der Waals surface area contributed by atoms with Gasteiger partial charge in [-0.3, -0.25) is 4.98 Å². The number of hydrogen-bond donors (Lipinski definition) is 0. The largest absolute Gasteiger partial charge is 0.256 e. The molecule has 25 heavy (non-hydrogen) atoms. The summed E-state index contributed by atoms with van der Waals surface area (Å²) in [7, 11) is 0. The van der Waals surface area contributed by atoms with Gasteiger partial charge in [0.15, 0.2) is 0 Å². The first-order chi connectivity index (χ1) is 11.9. The molecule has 3 atom stereocenters. The van der Waals surface area contributed by atoms with Gasteiger partial charge >= 0.3 is 0 Å². The van der Waals surface area contributed by atoms with Crippen molar-refractivity contribution < 1.29 is 8.78 Å². The number of hydrogen-bond acceptors (Lipinski definition) is 1. The van der Waals surface area contributed by atoms with Crippen LogP contribution in [0.4, 0.5) is 8.78 Å². The second-order valence-electron chi connectivity index (χ2n) is 7.85. The smallest absolute Gasteiger partial charge is 0.130 e. The minimum absolute atomic E-state index is 0.0186. The lowest BCUT2D eigenvalue weighted by Crippen LogP contribution is -2.16. The summed E-state index contributed by atoms with van der Waals surface area (Å²) in [5, 5.41) is 0. The first-order valence-electron chi connectivity index (χ1n) is 9.12. The van der Waals surface area contributed by atoms with Crippen LogP contribution in [-0.4, -0.2) is 4.98 Å². The third kappa shape index (κ3) is 2.80. The first kappa shape index (κ1) is 16.4. The molecule has 1 aromatic carbocycles. The molecule has 0 bridgehead atoms. The molecule has 0 amide bonds. The zero-order valence-electron chi connectivity index (χ0n) is 14.9. The fraction of sp³-hybridized carbons (Fsp3) is 0.409. The van der Waals surface area contributed by atoms with Crippen LogP contribution in [0.3, 0.4) is 0 Å². The summed E-state index contributed by atoms with van der Waals surface area (Å²) in [5.41, 5.74) is 5.70. The fourth-order valence-electron chi connectivity index (χ4n) is 4.69. The van der Waals surface area contributed by atoms with Crippen molar-refractivity contribution in [1.82, 2.24) is 4.98 Å². The van der Waals surface area contributed by atoms with Gasteiger partial charge in [-0.15, -0.1) is 0 Å². The lowest BCUT2D eigenvalue weighted by Gasteiger charge is -2.30. The number of halogens is 2. The van der Waals surface area contributed by atoms with Crippen molar-refractivity contribution in [1.29, 1.82) is 0 Å². The van der Waals surface area contributed by atoms with Crippen molar-refractivity contribution in [3.05, 3.63) is 58.9 Å². The Balaban J connectivity index is 1.91. The van der Waals surface area contributed by atoms with E-state index < -0.39 is 11.6 Å². The maximum absolute atomic E-state index is 14.4. The van der Waals surface area contributed by atoms with Gasteiger partial charge in [0.1, 0.15) is 11.6 Å². The van der Waals surface area contributed by atoms with Crippen molar-refractivity contribution in [3.8, 4) is 11.1 Å². The van der Waals surface area contributed by atoms with E-state index in [0.717, 1.165) is 35.7 Å². The monoisotopic (exact) mass is 339 g/mol. The summed E-state index contributed by atoms with van der Waals surface area (Å²) >= 11 is 0. The molecule has 0 saturated carbocycles. The van der Waals surface area contributed by atoms with Gasteiger partial charge in [0.25, 0.3) is 0 Å². The average molecular weight is 339 g/mol. The van der Waals surface area contributed by atoms with E-state index in [1.165, 1.54) is 18.1 Å². The summed E-state index contributed by atoms with van der Waals surface area (Å²) in [5.74, 6) is 0.236. The Morgan fingerprint density at radius 2 is 1.84 bits per heavy atom. The Hall–Kier alpha value is -2.03. The topological polar surface area (TPSA) is 12.9 Å². The van der Waals surface area contributed by atoms with Gasteiger partial charge in [-0.1, -0.05) is 26.8 Å². The highest BCUT2D eigenvalue weighted by atomic mass is 19.1. The maximum Gasteiger partial charge on any atom is 0.130 e. The third-order valence-corrected chi connectivity index (χ3v) is 5.58. The second-order valence-corrected chi connectivity index (χ2v) is 7.85. The van der Waals surface area contributed by atoms with Crippen molar-refractivity contribution in [3.63, 3.8) is 0 Å². The number of rotatable bonds is 1. The molecule has 1 aromatic heterocycles. The SMILES string of the molecule is CC1C=C(c2nccc3c2CC(C)c2c(F)cc(F)cc2-3)CC(C)C1. The van der Waals surface area contributed by atoms with E-state index in [-0.39, 0.29) is 5.92 Å². The van der Waals surface area contributed by atoms with E-state index in [9.17, 15) is 8.78 Å². The lowest BCUT2D eigenvalue weighted by atomic mass is 9.76. The number of benzene rings is 1. The zero-order valence-corrected chi connectivity index (χ0v) is 14.9. The van der Waals surface area contributed by atoms with Crippen LogP contribution >= 0.6 is 0 Å². The van der Waals surface area contributed by atoms with Gasteiger partial charge in [0.2, 0.25) is 0 Å². The van der Waals surface area contributed by atoms with E-state index in [2.05, 4.69) is 24.9 Å². The maximum atomic E-state index is 14.4. The summed E-state index contributed by atoms with van der Waals surface area (Å²) in [6, 6.07) is 4.37. The van der Waals surface area contributed by atoms with Crippen LogP contribution in [0.2, 0.25) is 0 Å². The molecule has 1 heterocycles. The van der Waals surface area contributed by atoms with Crippen molar-refractivity contribution in [2.75, 3.05) is 0 Å². The predicted octanol–water partition coefficient (Wildman–Crippen LogP) is 6.14. The lowest BCUT2D eigenvalue weighted by molar-refractivity contribution is 0.456. The third-order valence-electron chi connectivity index (χ3n) is 5.58. The number of aromatic nitrogens is 1. The summed E-state index contributed by atoms with van der Waals surface area (Å²) in [6.45, 7) is 6.54. The number of allylic oxidation sites excluding steroid dienone is 2. The van der Waals surface area contributed by atoms with Gasteiger partial charge in [0, 0.05) is 12.3 Å². The average Bonchev–Trinajstić information content (AvgIpc) is 2.52. The van der Waals surface area contributed by atoms with E-state index >= 15 is 0 Å². The van der Waals surface area contributed by atoms with Crippen LogP contribution in [0, 0.1) is 23.5 Å². The van der Waals surface area contributed by atoms with Gasteiger partial charge in [0.05, 0.1) is 5.69 Å². The minimum Gasteiger partial charge on any atom is -0.256 e. The highest BCUT2D eigenvalue weighted by molar-refractivity contribution is 5.80. The van der Waals surface area contributed by atoms with Crippen molar-refractivity contribution >= 4 is 5.57 Å². The molecule has 2 aliphatic carbocycles. The molecule has 4 rings (SSSR count). The van der Waals surface area contributed by atoms with Crippen LogP contribution in [0.15, 0.2) is 30.5 Å². The summed E-state index contributed by atoms with van der Waals surface area (Å²) in [4.78, 5) is 4.68. The quantitative estimate of drug-likeness (QED) is 0.608. The Morgan fingerprint density at radius 3 is 2.60 bits per heavy atom. The van der Waals surface area contributed by atoms with Crippen molar-refractivity contribution in [2.45, 2.75) is 46.0 Å². The molecule has 0 spiro atoms. The molecular weight excluding hydrogens is 316 g/mol. The Morgan fingerprint density at radius 1 is 1.04 bits per heavy atom. The van der Waals surface area contributed by atoms with Crippen molar-refractivity contribution in [2.24, 2.45) is 11.8 Å². The highest BCUT2D eigenvalue weighted by Crippen LogP contribution is 2.44. The van der Waals surface area contributed by atoms with Crippen LogP contribution in [0.5, 0.6) is 0 Å². The standard InChI is InChI=1S/C22H23F2N/c1-12-6-13(2)8-15(7-12)22-19-9-14(3)21-18(17(19)4-5-25-22)10-16(23)11-20(21)24/h4-5,7,10-14H,6,8-9H2,1-3H3. The predicted molar refractivity (Wildman–Crippen MR) is 97.2 cm³/mol. The summed E-state index contributed by atoms with van der Waals surface area (Å²) in [6.07, 6.45) is 7.07. The molecule has 1 nitrogen and oxygen atoms in total. The molecular formula is C22H23F2N. The van der Waals surface area contributed by atoms with E-state index in [1.54, 1.807) is 6.20 Å². The van der Waals surface area contributed by atoms with Crippen LogP contribution in [0.25, 0.3) is 16.7 Å². The normalized spacial score (nSPS) is 25.2. The summed E-state index contributed by atoms with van der Waals surface area (Å²) < 4.78 is 28.2. The molecule has 3 heteroatoms. The van der Waals surface area contributed by atoms with Gasteiger partial charge in [-0.2, -0.15) is 0 Å². The molecule has 2 aliphatic rings. The van der Waals surface area contributed by atoms with E-state index in [1.807, 2.05) is 13.0 Å². The van der Waals surface area contributed by atoms with Gasteiger partial charge in [-0.25, -0.2) is 8.78 Å². The highest BCUT2D eigenvalue weighted by Gasteiger charge is 2.29. The van der Waals surface area contributed by atoms with Gasteiger partial charge < -0.3 is 0 Å². The molecule has 2 aromatic rings. The van der Waals surface area contributed by atoms with E-state index in [0.29, 0.717) is 23.0 Å². The molecule has 0 N–H and O–H groups in total. The molecule has 0 radical (unpaired) electrons. The van der Waals surface area contributed by atoms with Crippen LogP contribution in [-0.2, 0) is 6.42 Å². The molecule has 0 saturated heterocycles. The fourth-order valence-corrected chi connectivity index (χ4v) is 4.69. The number of fused-ring (bicyclic) bond motifs is 3. The Bertz CT molecular complexity index is 869. The molecule has 0 aliphatic heterocycles. The van der Waals surface area contributed by atoms with Crippen LogP contribution in [0.1, 0.15) is 56.4 Å². The minimum atomic E-state index is -0.520. The van der Waals surface area contributed by atoms with Crippen LogP contribution < -0.4 is 0 Å². The molecule has 0 fully saturated rings. The molecule has 3 unspecified atom stereocenters. The molecule has 130 valence electrons. The Kier molecular flexibility index (Phi) is 3.98. The van der Waals surface area contributed by atoms with E-state index in [4.69, 9.17) is 0 Å².